The molecular formula is C19H36N4. The molecule has 0 aliphatic carbocycles. The molecule has 1 aromatic carbocycles. The molecule has 0 bridgehead atoms. The lowest BCUT2D eigenvalue weighted by molar-refractivity contribution is 0.405. The molecule has 0 amide bonds. The van der Waals surface area contributed by atoms with Gasteiger partial charge in [0.05, 0.1) is 0 Å². The second kappa shape index (κ2) is 9.26. The van der Waals surface area contributed by atoms with Crippen molar-refractivity contribution >= 4 is 5.69 Å². The fourth-order valence-electron chi connectivity index (χ4n) is 2.19. The molecule has 2 unspecified atom stereocenters. The molecule has 0 spiro atoms. The number of nitrogens with one attached hydrogen (secondary N) is 2. The van der Waals surface area contributed by atoms with Crippen molar-refractivity contribution in [3.8, 4) is 0 Å². The van der Waals surface area contributed by atoms with E-state index in [1.165, 1.54) is 5.56 Å². The van der Waals surface area contributed by atoms with Crippen LogP contribution in [-0.4, -0.2) is 24.2 Å². The van der Waals surface area contributed by atoms with E-state index in [1.807, 2.05) is 0 Å². The van der Waals surface area contributed by atoms with E-state index in [-0.39, 0.29) is 11.1 Å². The van der Waals surface area contributed by atoms with Crippen LogP contribution in [0.25, 0.3) is 0 Å². The standard InChI is InChI=1S/C19H36N4/c1-5-18(3,20)11-13-22-15-16-7-9-17(10-8-16)23-14-12-19(4,21)6-2/h7-10,22-23H,5-6,11-15,20-21H2,1-4H3. The first-order valence-corrected chi connectivity index (χ1v) is 8.89. The van der Waals surface area contributed by atoms with Gasteiger partial charge in [-0.2, -0.15) is 0 Å². The Labute approximate surface area is 142 Å². The lowest BCUT2D eigenvalue weighted by Gasteiger charge is -2.23. The fourth-order valence-corrected chi connectivity index (χ4v) is 2.19. The van der Waals surface area contributed by atoms with Crippen LogP contribution in [0.5, 0.6) is 0 Å². The van der Waals surface area contributed by atoms with E-state index in [0.29, 0.717) is 0 Å². The first-order chi connectivity index (χ1) is 10.8. The average Bonchev–Trinajstić information content (AvgIpc) is 2.53. The highest BCUT2D eigenvalue weighted by Gasteiger charge is 2.15. The van der Waals surface area contributed by atoms with Crippen molar-refractivity contribution in [1.82, 2.24) is 5.32 Å². The van der Waals surface area contributed by atoms with Crippen molar-refractivity contribution < 1.29 is 0 Å². The zero-order valence-corrected chi connectivity index (χ0v) is 15.4. The Morgan fingerprint density at radius 2 is 1.39 bits per heavy atom. The maximum atomic E-state index is 6.16. The lowest BCUT2D eigenvalue weighted by Crippen LogP contribution is -2.38. The molecule has 0 fully saturated rings. The number of anilines is 1. The SMILES string of the molecule is CCC(C)(N)CCNCc1ccc(NCCC(C)(N)CC)cc1. The van der Waals surface area contributed by atoms with E-state index in [1.54, 1.807) is 0 Å². The second-order valence-corrected chi connectivity index (χ2v) is 7.32. The van der Waals surface area contributed by atoms with Crippen LogP contribution in [0, 0.1) is 0 Å². The summed E-state index contributed by atoms with van der Waals surface area (Å²) >= 11 is 0. The van der Waals surface area contributed by atoms with Crippen molar-refractivity contribution in [2.75, 3.05) is 18.4 Å². The van der Waals surface area contributed by atoms with Crippen LogP contribution in [0.2, 0.25) is 0 Å². The molecule has 0 radical (unpaired) electrons. The molecule has 1 rings (SSSR count). The largest absolute Gasteiger partial charge is 0.385 e. The van der Waals surface area contributed by atoms with E-state index < -0.39 is 0 Å². The van der Waals surface area contributed by atoms with E-state index in [0.717, 1.165) is 51.0 Å². The summed E-state index contributed by atoms with van der Waals surface area (Å²) in [4.78, 5) is 0. The summed E-state index contributed by atoms with van der Waals surface area (Å²) in [6, 6.07) is 8.60. The number of hydrogen-bond donors (Lipinski definition) is 4. The third-order valence-corrected chi connectivity index (χ3v) is 4.80. The summed E-state index contributed by atoms with van der Waals surface area (Å²) in [5, 5.41) is 6.91. The number of nitrogens with two attached hydrogens (primary N) is 2. The van der Waals surface area contributed by atoms with E-state index >= 15 is 0 Å². The fraction of sp³-hybridized carbons (Fsp3) is 0.684. The summed E-state index contributed by atoms with van der Waals surface area (Å²) < 4.78 is 0. The third-order valence-electron chi connectivity index (χ3n) is 4.80. The normalized spacial score (nSPS) is 16.6. The number of hydrogen-bond acceptors (Lipinski definition) is 4. The maximum absolute atomic E-state index is 6.16. The quantitative estimate of drug-likeness (QED) is 0.472. The molecule has 0 saturated heterocycles. The summed E-state index contributed by atoms with van der Waals surface area (Å²) in [7, 11) is 0. The van der Waals surface area contributed by atoms with Gasteiger partial charge in [-0.05, 0) is 63.8 Å². The lowest BCUT2D eigenvalue weighted by atomic mass is 9.96. The Morgan fingerprint density at radius 1 is 0.870 bits per heavy atom. The minimum absolute atomic E-state index is 0.0588. The van der Waals surface area contributed by atoms with Crippen molar-refractivity contribution in [3.05, 3.63) is 29.8 Å². The van der Waals surface area contributed by atoms with Crippen LogP contribution in [0.4, 0.5) is 5.69 Å². The van der Waals surface area contributed by atoms with Crippen LogP contribution in [0.3, 0.4) is 0 Å². The predicted octanol–water partition coefficient (Wildman–Crippen LogP) is 3.22. The summed E-state index contributed by atoms with van der Waals surface area (Å²) in [5.74, 6) is 0. The molecule has 132 valence electrons. The first kappa shape index (κ1) is 19.9. The van der Waals surface area contributed by atoms with Gasteiger partial charge in [0.15, 0.2) is 0 Å². The molecule has 0 aliphatic heterocycles. The molecule has 23 heavy (non-hydrogen) atoms. The first-order valence-electron chi connectivity index (χ1n) is 8.89. The van der Waals surface area contributed by atoms with Crippen molar-refractivity contribution in [1.29, 1.82) is 0 Å². The van der Waals surface area contributed by atoms with Crippen LogP contribution < -0.4 is 22.1 Å². The Kier molecular flexibility index (Phi) is 8.03. The summed E-state index contributed by atoms with van der Waals surface area (Å²) in [6.45, 7) is 11.2. The van der Waals surface area contributed by atoms with Gasteiger partial charge in [-0.3, -0.25) is 0 Å². The summed E-state index contributed by atoms with van der Waals surface area (Å²) in [5.41, 5.74) is 14.6. The molecular weight excluding hydrogens is 284 g/mol. The molecule has 0 aromatic heterocycles. The highest BCUT2D eigenvalue weighted by molar-refractivity contribution is 5.44. The zero-order chi connectivity index (χ0) is 17.3. The van der Waals surface area contributed by atoms with Gasteiger partial charge in [-0.25, -0.2) is 0 Å². The molecule has 0 aliphatic rings. The third kappa shape index (κ3) is 8.35. The molecule has 0 heterocycles. The van der Waals surface area contributed by atoms with Gasteiger partial charge in [0, 0.05) is 29.9 Å². The Morgan fingerprint density at radius 3 is 1.91 bits per heavy atom. The highest BCUT2D eigenvalue weighted by Crippen LogP contribution is 2.13. The number of benzene rings is 1. The monoisotopic (exact) mass is 320 g/mol. The van der Waals surface area contributed by atoms with Crippen LogP contribution >= 0.6 is 0 Å². The molecule has 4 heteroatoms. The number of rotatable bonds is 11. The van der Waals surface area contributed by atoms with Crippen molar-refractivity contribution in [2.24, 2.45) is 11.5 Å². The summed E-state index contributed by atoms with van der Waals surface area (Å²) in [6.07, 6.45) is 3.98. The second-order valence-electron chi connectivity index (χ2n) is 7.32. The van der Waals surface area contributed by atoms with Crippen molar-refractivity contribution in [3.63, 3.8) is 0 Å². The van der Waals surface area contributed by atoms with Gasteiger partial charge in [0.2, 0.25) is 0 Å². The molecule has 1 aromatic rings. The van der Waals surface area contributed by atoms with Crippen LogP contribution in [0.1, 0.15) is 58.9 Å². The van der Waals surface area contributed by atoms with Gasteiger partial charge in [-0.1, -0.05) is 26.0 Å². The topological polar surface area (TPSA) is 76.1 Å². The van der Waals surface area contributed by atoms with Crippen LogP contribution in [-0.2, 0) is 6.54 Å². The van der Waals surface area contributed by atoms with Crippen molar-refractivity contribution in [2.45, 2.75) is 71.0 Å². The Hall–Kier alpha value is -1.10. The minimum atomic E-state index is -0.0765. The smallest absolute Gasteiger partial charge is 0.0340 e. The zero-order valence-electron chi connectivity index (χ0n) is 15.4. The van der Waals surface area contributed by atoms with Gasteiger partial charge >= 0.3 is 0 Å². The molecule has 0 saturated carbocycles. The Bertz CT molecular complexity index is 437. The van der Waals surface area contributed by atoms with E-state index in [2.05, 4.69) is 62.6 Å². The average molecular weight is 321 g/mol. The molecule has 2 atom stereocenters. The van der Waals surface area contributed by atoms with Gasteiger partial charge in [0.25, 0.3) is 0 Å². The molecule has 4 nitrogen and oxygen atoms in total. The van der Waals surface area contributed by atoms with Gasteiger partial charge < -0.3 is 22.1 Å². The van der Waals surface area contributed by atoms with E-state index in [9.17, 15) is 0 Å². The predicted molar refractivity (Wildman–Crippen MR) is 102 cm³/mol. The molecule has 6 N–H and O–H groups in total. The highest BCUT2D eigenvalue weighted by atomic mass is 14.9. The Balaban J connectivity index is 2.28. The maximum Gasteiger partial charge on any atom is 0.0340 e. The minimum Gasteiger partial charge on any atom is -0.385 e. The van der Waals surface area contributed by atoms with E-state index in [4.69, 9.17) is 11.5 Å². The van der Waals surface area contributed by atoms with Crippen LogP contribution in [0.15, 0.2) is 24.3 Å². The van der Waals surface area contributed by atoms with Gasteiger partial charge in [0.1, 0.15) is 0 Å². The van der Waals surface area contributed by atoms with Gasteiger partial charge in [-0.15, -0.1) is 0 Å².